The Balaban J connectivity index is 0.00000300. The van der Waals surface area contributed by atoms with Crippen LogP contribution in [-0.2, 0) is 11.3 Å². The van der Waals surface area contributed by atoms with Crippen molar-refractivity contribution in [1.29, 1.82) is 0 Å². The zero-order valence-corrected chi connectivity index (χ0v) is 19.1. The summed E-state index contributed by atoms with van der Waals surface area (Å²) in [5.74, 6) is 1.13. The molecule has 0 aromatic heterocycles. The summed E-state index contributed by atoms with van der Waals surface area (Å²) < 4.78 is 5.05. The number of amides is 1. The molecule has 1 amide bonds. The minimum Gasteiger partial charge on any atom is -0.490 e. The predicted molar refractivity (Wildman–Crippen MR) is 121 cm³/mol. The summed E-state index contributed by atoms with van der Waals surface area (Å²) in [5.41, 5.74) is 0.657. The Morgan fingerprint density at radius 1 is 1.48 bits per heavy atom. The van der Waals surface area contributed by atoms with Crippen LogP contribution in [0.3, 0.4) is 0 Å². The van der Waals surface area contributed by atoms with Crippen LogP contribution in [0.1, 0.15) is 31.7 Å². The van der Waals surface area contributed by atoms with Crippen molar-refractivity contribution >= 4 is 41.5 Å². The first kappa shape index (κ1) is 23.2. The molecule has 1 atom stereocenters. The summed E-state index contributed by atoms with van der Waals surface area (Å²) in [6, 6.07) is 4.89. The molecule has 1 unspecified atom stereocenters. The molecule has 9 nitrogen and oxygen atoms in total. The number of rotatable bonds is 5. The lowest BCUT2D eigenvalue weighted by Crippen LogP contribution is -2.51. The normalized spacial score (nSPS) is 21.5. The fourth-order valence-electron chi connectivity index (χ4n) is 4.00. The molecular formula is C19H28IN5O4. The van der Waals surface area contributed by atoms with Crippen LogP contribution in [0.5, 0.6) is 5.75 Å². The van der Waals surface area contributed by atoms with Gasteiger partial charge in [-0.3, -0.25) is 14.9 Å². The van der Waals surface area contributed by atoms with Crippen molar-refractivity contribution in [2.45, 2.75) is 32.7 Å². The Labute approximate surface area is 187 Å². The molecule has 2 aliphatic rings. The number of carbonyl (C=O) groups excluding carboxylic acids is 1. The van der Waals surface area contributed by atoms with Gasteiger partial charge < -0.3 is 20.3 Å². The van der Waals surface area contributed by atoms with E-state index in [9.17, 15) is 14.9 Å². The van der Waals surface area contributed by atoms with Gasteiger partial charge in [0.15, 0.2) is 11.7 Å². The number of guanidine groups is 1. The van der Waals surface area contributed by atoms with E-state index in [0.29, 0.717) is 19.5 Å². The summed E-state index contributed by atoms with van der Waals surface area (Å²) >= 11 is 0. The zero-order chi connectivity index (χ0) is 20.1. The number of piperidine rings is 1. The number of methoxy groups -OCH3 is 1. The lowest BCUT2D eigenvalue weighted by molar-refractivity contribution is -0.385. The maximum Gasteiger partial charge on any atom is 0.311 e. The number of benzene rings is 1. The maximum atomic E-state index is 11.7. The van der Waals surface area contributed by atoms with Crippen molar-refractivity contribution in [3.8, 4) is 5.75 Å². The lowest BCUT2D eigenvalue weighted by atomic mass is 9.79. The van der Waals surface area contributed by atoms with Gasteiger partial charge in [0.25, 0.3) is 0 Å². The van der Waals surface area contributed by atoms with Crippen molar-refractivity contribution in [3.05, 3.63) is 33.9 Å². The maximum absolute atomic E-state index is 11.7. The molecule has 1 aromatic rings. The van der Waals surface area contributed by atoms with E-state index in [1.807, 2.05) is 6.92 Å². The van der Waals surface area contributed by atoms with Crippen LogP contribution in [0.25, 0.3) is 0 Å². The van der Waals surface area contributed by atoms with Crippen LogP contribution in [0.15, 0.2) is 23.2 Å². The van der Waals surface area contributed by atoms with Gasteiger partial charge in [-0.25, -0.2) is 4.99 Å². The molecule has 160 valence electrons. The van der Waals surface area contributed by atoms with Crippen molar-refractivity contribution < 1.29 is 14.5 Å². The molecule has 2 aliphatic heterocycles. The van der Waals surface area contributed by atoms with E-state index >= 15 is 0 Å². The van der Waals surface area contributed by atoms with Gasteiger partial charge >= 0.3 is 5.69 Å². The molecule has 2 N–H and O–H groups in total. The second-order valence-corrected chi connectivity index (χ2v) is 7.41. The molecule has 0 aliphatic carbocycles. The predicted octanol–water partition coefficient (Wildman–Crippen LogP) is 2.29. The van der Waals surface area contributed by atoms with E-state index in [4.69, 9.17) is 9.73 Å². The second kappa shape index (κ2) is 10.1. The third kappa shape index (κ3) is 5.49. The average molecular weight is 517 g/mol. The number of nitrogens with zero attached hydrogens (tertiary/aromatic N) is 3. The molecule has 2 saturated heterocycles. The quantitative estimate of drug-likeness (QED) is 0.204. The smallest absolute Gasteiger partial charge is 0.311 e. The molecular weight excluding hydrogens is 489 g/mol. The SMILES string of the molecule is CCNC(=NCc1ccc(OC)c([N+](=O)[O-])c1)N1CCCC2(CNC(=O)C2)C1.I. The summed E-state index contributed by atoms with van der Waals surface area (Å²) in [5, 5.41) is 17.5. The van der Waals surface area contributed by atoms with Gasteiger partial charge in [0.2, 0.25) is 5.91 Å². The van der Waals surface area contributed by atoms with E-state index in [1.165, 1.54) is 13.2 Å². The molecule has 1 aromatic carbocycles. The van der Waals surface area contributed by atoms with Gasteiger partial charge in [0.05, 0.1) is 18.6 Å². The highest BCUT2D eigenvalue weighted by molar-refractivity contribution is 14.0. The van der Waals surface area contributed by atoms with E-state index < -0.39 is 4.92 Å². The number of hydrogen-bond acceptors (Lipinski definition) is 5. The number of hydrogen-bond donors (Lipinski definition) is 2. The molecule has 3 rings (SSSR count). The highest BCUT2D eigenvalue weighted by Crippen LogP contribution is 2.36. The molecule has 29 heavy (non-hydrogen) atoms. The van der Waals surface area contributed by atoms with Crippen LogP contribution in [0.4, 0.5) is 5.69 Å². The number of nitro groups is 1. The Morgan fingerprint density at radius 3 is 2.90 bits per heavy atom. The van der Waals surface area contributed by atoms with Gasteiger partial charge in [-0.05, 0) is 31.4 Å². The Bertz CT molecular complexity index is 788. The molecule has 2 heterocycles. The largest absolute Gasteiger partial charge is 0.490 e. The van der Waals surface area contributed by atoms with Gasteiger partial charge in [0.1, 0.15) is 0 Å². The first-order chi connectivity index (χ1) is 13.5. The van der Waals surface area contributed by atoms with E-state index in [0.717, 1.165) is 44.0 Å². The molecule has 2 fully saturated rings. The first-order valence-corrected chi connectivity index (χ1v) is 9.57. The van der Waals surface area contributed by atoms with Crippen molar-refractivity contribution in [1.82, 2.24) is 15.5 Å². The molecule has 10 heteroatoms. The van der Waals surface area contributed by atoms with Gasteiger partial charge in [-0.2, -0.15) is 0 Å². The minimum atomic E-state index is -0.449. The van der Waals surface area contributed by atoms with Crippen LogP contribution >= 0.6 is 24.0 Å². The molecule has 1 spiro atoms. The summed E-state index contributed by atoms with van der Waals surface area (Å²) in [6.07, 6.45) is 2.60. The van der Waals surface area contributed by atoms with Gasteiger partial charge in [-0.1, -0.05) is 6.07 Å². The average Bonchev–Trinajstić information content (AvgIpc) is 3.04. The van der Waals surface area contributed by atoms with Crippen LogP contribution < -0.4 is 15.4 Å². The summed E-state index contributed by atoms with van der Waals surface area (Å²) in [4.78, 5) is 29.4. The van der Waals surface area contributed by atoms with E-state index in [2.05, 4.69) is 15.5 Å². The Hall–Kier alpha value is -2.11. The summed E-state index contributed by atoms with van der Waals surface area (Å²) in [6.45, 7) is 5.43. The topological polar surface area (TPSA) is 109 Å². The standard InChI is InChI=1S/C19H27N5O4.HI/c1-3-20-18(23-8-4-7-19(13-23)10-17(25)22-12-19)21-11-14-5-6-16(28-2)15(9-14)24(26)27;/h5-6,9H,3-4,7-8,10-13H2,1-2H3,(H,20,21)(H,22,25);1H. The number of carbonyl (C=O) groups is 1. The van der Waals surface area contributed by atoms with Crippen LogP contribution in [0.2, 0.25) is 0 Å². The Morgan fingerprint density at radius 2 is 2.28 bits per heavy atom. The highest BCUT2D eigenvalue weighted by Gasteiger charge is 2.42. The third-order valence-corrected chi connectivity index (χ3v) is 5.34. The van der Waals surface area contributed by atoms with Gasteiger partial charge in [-0.15, -0.1) is 24.0 Å². The number of ether oxygens (including phenoxy) is 1. The van der Waals surface area contributed by atoms with Crippen molar-refractivity contribution in [2.75, 3.05) is 33.3 Å². The van der Waals surface area contributed by atoms with E-state index in [1.54, 1.807) is 12.1 Å². The number of halogens is 1. The number of aliphatic imine (C=N–C) groups is 1. The van der Waals surface area contributed by atoms with Crippen molar-refractivity contribution in [3.63, 3.8) is 0 Å². The lowest BCUT2D eigenvalue weighted by Gasteiger charge is -2.40. The van der Waals surface area contributed by atoms with Gasteiger partial charge in [0, 0.05) is 44.1 Å². The van der Waals surface area contributed by atoms with E-state index in [-0.39, 0.29) is 46.7 Å². The highest BCUT2D eigenvalue weighted by atomic mass is 127. The van der Waals surface area contributed by atoms with Crippen LogP contribution in [0, 0.1) is 15.5 Å². The molecule has 0 radical (unpaired) electrons. The fraction of sp³-hybridized carbons (Fsp3) is 0.579. The fourth-order valence-corrected chi connectivity index (χ4v) is 4.00. The molecule has 0 bridgehead atoms. The number of nitrogens with one attached hydrogen (secondary N) is 2. The van der Waals surface area contributed by atoms with Crippen molar-refractivity contribution in [2.24, 2.45) is 10.4 Å². The second-order valence-electron chi connectivity index (χ2n) is 7.41. The minimum absolute atomic E-state index is 0. The zero-order valence-electron chi connectivity index (χ0n) is 16.8. The first-order valence-electron chi connectivity index (χ1n) is 9.57. The third-order valence-electron chi connectivity index (χ3n) is 5.34. The Kier molecular flexibility index (Phi) is 8.05. The number of nitro benzene ring substituents is 1. The number of likely N-dealkylation sites (tertiary alicyclic amines) is 1. The monoisotopic (exact) mass is 517 g/mol. The van der Waals surface area contributed by atoms with Crippen LogP contribution in [-0.4, -0.2) is 55.0 Å². The molecule has 0 saturated carbocycles. The summed E-state index contributed by atoms with van der Waals surface area (Å²) in [7, 11) is 1.41.